The Bertz CT molecular complexity index is 1530. The minimum atomic E-state index is -3.50. The van der Waals surface area contributed by atoms with Gasteiger partial charge in [0.05, 0.1) is 17.5 Å². The Hall–Kier alpha value is -3.36. The Balaban J connectivity index is 1.94. The summed E-state index contributed by atoms with van der Waals surface area (Å²) < 4.78 is 41.0. The van der Waals surface area contributed by atoms with Crippen LogP contribution in [-0.2, 0) is 15.4 Å². The molecule has 1 heterocycles. The second-order valence-corrected chi connectivity index (χ2v) is 10.9. The van der Waals surface area contributed by atoms with E-state index in [-0.39, 0.29) is 11.5 Å². The second kappa shape index (κ2) is 8.45. The maximum Gasteiger partial charge on any atom is 0.265 e. The van der Waals surface area contributed by atoms with Crippen LogP contribution in [0.2, 0.25) is 5.02 Å². The molecule has 0 atom stereocenters. The molecule has 0 aliphatic carbocycles. The van der Waals surface area contributed by atoms with Gasteiger partial charge in [0.1, 0.15) is 11.5 Å². The average Bonchev–Trinajstić information content (AvgIpc) is 3.11. The van der Waals surface area contributed by atoms with Crippen LogP contribution in [0.1, 0.15) is 35.5 Å². The number of aromatic nitrogens is 1. The zero-order valence-corrected chi connectivity index (χ0v) is 20.3. The number of halogens is 2. The number of sulfonamides is 1. The molecule has 0 aliphatic heterocycles. The number of amides is 1. The van der Waals surface area contributed by atoms with E-state index in [9.17, 15) is 17.6 Å². The third-order valence-electron chi connectivity index (χ3n) is 5.79. The number of fused-ring (bicyclic) bond motifs is 1. The molecule has 34 heavy (non-hydrogen) atoms. The van der Waals surface area contributed by atoms with Crippen molar-refractivity contribution in [3.05, 3.63) is 94.4 Å². The Morgan fingerprint density at radius 3 is 2.29 bits per heavy atom. The van der Waals surface area contributed by atoms with Gasteiger partial charge >= 0.3 is 0 Å². The summed E-state index contributed by atoms with van der Waals surface area (Å²) >= 11 is 6.51. The molecule has 0 saturated heterocycles. The standard InChI is InChI=1S/C25H23ClFN3O3S/c1-25(2,16-5-7-19(27)8-6-16)17-11-18(26)13-21(12-17)30-22-14-20(29-34(3,32)33)9-4-15(22)10-23(30)24(28)31/h4-14,29H,1-3H3,(H2,28,31). The molecular weight excluding hydrogens is 477 g/mol. The van der Waals surface area contributed by atoms with E-state index in [1.807, 2.05) is 26.0 Å². The topological polar surface area (TPSA) is 94.2 Å². The summed E-state index contributed by atoms with van der Waals surface area (Å²) in [5.41, 5.74) is 8.60. The quantitative estimate of drug-likeness (QED) is 0.381. The van der Waals surface area contributed by atoms with E-state index in [0.29, 0.717) is 27.3 Å². The fourth-order valence-electron chi connectivity index (χ4n) is 4.04. The van der Waals surface area contributed by atoms with E-state index in [1.165, 1.54) is 12.1 Å². The SMILES string of the molecule is CC(C)(c1ccc(F)cc1)c1cc(Cl)cc(-n2c(C(N)=O)cc3ccc(NS(C)(=O)=O)cc32)c1. The van der Waals surface area contributed by atoms with Crippen LogP contribution in [0.5, 0.6) is 0 Å². The van der Waals surface area contributed by atoms with Gasteiger partial charge in [-0.15, -0.1) is 0 Å². The fraction of sp³-hybridized carbons (Fsp3) is 0.160. The predicted molar refractivity (Wildman–Crippen MR) is 134 cm³/mol. The Morgan fingerprint density at radius 1 is 1.00 bits per heavy atom. The summed E-state index contributed by atoms with van der Waals surface area (Å²) in [6.07, 6.45) is 1.06. The number of nitrogens with two attached hydrogens (primary N) is 1. The molecular formula is C25H23ClFN3O3S. The number of anilines is 1. The number of hydrogen-bond acceptors (Lipinski definition) is 3. The summed E-state index contributed by atoms with van der Waals surface area (Å²) in [5, 5.41) is 1.14. The van der Waals surface area contributed by atoms with Gasteiger partial charge in [-0.3, -0.25) is 9.52 Å². The number of carbonyl (C=O) groups excluding carboxylic acids is 1. The lowest BCUT2D eigenvalue weighted by atomic mass is 9.78. The maximum atomic E-state index is 13.5. The largest absolute Gasteiger partial charge is 0.364 e. The van der Waals surface area contributed by atoms with E-state index in [1.54, 1.807) is 47.0 Å². The first-order chi connectivity index (χ1) is 15.8. The lowest BCUT2D eigenvalue weighted by Gasteiger charge is -2.27. The van der Waals surface area contributed by atoms with Crippen LogP contribution in [0.15, 0.2) is 66.7 Å². The lowest BCUT2D eigenvalue weighted by Crippen LogP contribution is -2.20. The number of hydrogen-bond donors (Lipinski definition) is 2. The van der Waals surface area contributed by atoms with Crippen molar-refractivity contribution < 1.29 is 17.6 Å². The van der Waals surface area contributed by atoms with Crippen molar-refractivity contribution in [3.63, 3.8) is 0 Å². The van der Waals surface area contributed by atoms with Gasteiger partial charge in [-0.1, -0.05) is 43.6 Å². The van der Waals surface area contributed by atoms with E-state index >= 15 is 0 Å². The summed E-state index contributed by atoms with van der Waals surface area (Å²) in [6, 6.07) is 18.3. The van der Waals surface area contributed by atoms with Crippen molar-refractivity contribution in [3.8, 4) is 5.69 Å². The van der Waals surface area contributed by atoms with Gasteiger partial charge in [-0.25, -0.2) is 12.8 Å². The van der Waals surface area contributed by atoms with Gasteiger partial charge in [0.15, 0.2) is 0 Å². The van der Waals surface area contributed by atoms with Crippen LogP contribution < -0.4 is 10.5 Å². The molecule has 0 radical (unpaired) electrons. The highest BCUT2D eigenvalue weighted by atomic mass is 35.5. The third-order valence-corrected chi connectivity index (χ3v) is 6.61. The Labute approximate surface area is 202 Å². The highest BCUT2D eigenvalue weighted by molar-refractivity contribution is 7.92. The van der Waals surface area contributed by atoms with Crippen molar-refractivity contribution in [2.24, 2.45) is 5.73 Å². The molecule has 6 nitrogen and oxygen atoms in total. The number of rotatable bonds is 6. The van der Waals surface area contributed by atoms with Crippen molar-refractivity contribution in [2.75, 3.05) is 11.0 Å². The van der Waals surface area contributed by atoms with Gasteiger partial charge in [-0.2, -0.15) is 0 Å². The second-order valence-electron chi connectivity index (χ2n) is 8.71. The van der Waals surface area contributed by atoms with Gasteiger partial charge in [0.25, 0.3) is 5.91 Å². The highest BCUT2D eigenvalue weighted by Gasteiger charge is 2.25. The van der Waals surface area contributed by atoms with E-state index in [2.05, 4.69) is 4.72 Å². The summed E-state index contributed by atoms with van der Waals surface area (Å²) in [4.78, 5) is 12.3. The summed E-state index contributed by atoms with van der Waals surface area (Å²) in [6.45, 7) is 3.99. The van der Waals surface area contributed by atoms with Crippen molar-refractivity contribution in [1.82, 2.24) is 4.57 Å². The number of nitrogens with one attached hydrogen (secondary N) is 1. The van der Waals surface area contributed by atoms with Crippen LogP contribution in [0.4, 0.5) is 10.1 Å². The smallest absolute Gasteiger partial charge is 0.265 e. The molecule has 3 N–H and O–H groups in total. The van der Waals surface area contributed by atoms with Crippen LogP contribution in [0.25, 0.3) is 16.6 Å². The Morgan fingerprint density at radius 2 is 1.68 bits per heavy atom. The molecule has 9 heteroatoms. The van der Waals surface area contributed by atoms with E-state index < -0.39 is 21.3 Å². The zero-order valence-electron chi connectivity index (χ0n) is 18.8. The summed E-state index contributed by atoms with van der Waals surface area (Å²) in [5.74, 6) is -0.970. The minimum Gasteiger partial charge on any atom is -0.364 e. The highest BCUT2D eigenvalue weighted by Crippen LogP contribution is 2.36. The molecule has 1 aromatic heterocycles. The van der Waals surface area contributed by atoms with Crippen molar-refractivity contribution in [1.29, 1.82) is 0 Å². The summed E-state index contributed by atoms with van der Waals surface area (Å²) in [7, 11) is -3.50. The molecule has 4 aromatic rings. The number of carbonyl (C=O) groups is 1. The molecule has 0 saturated carbocycles. The molecule has 0 bridgehead atoms. The van der Waals surface area contributed by atoms with Crippen molar-refractivity contribution in [2.45, 2.75) is 19.3 Å². The molecule has 0 spiro atoms. The first-order valence-electron chi connectivity index (χ1n) is 10.4. The molecule has 0 unspecified atom stereocenters. The third kappa shape index (κ3) is 4.64. The first-order valence-corrected chi connectivity index (χ1v) is 12.6. The number of benzene rings is 3. The normalized spacial score (nSPS) is 12.1. The molecule has 176 valence electrons. The maximum absolute atomic E-state index is 13.5. The van der Waals surface area contributed by atoms with Gasteiger partial charge in [0.2, 0.25) is 10.0 Å². The molecule has 0 aliphatic rings. The van der Waals surface area contributed by atoms with Gasteiger partial charge < -0.3 is 10.3 Å². The predicted octanol–water partition coefficient (Wildman–Crippen LogP) is 5.22. The first kappa shape index (κ1) is 23.8. The molecule has 1 amide bonds. The van der Waals surface area contributed by atoms with Gasteiger partial charge in [-0.05, 0) is 59.7 Å². The molecule has 0 fully saturated rings. The minimum absolute atomic E-state index is 0.222. The van der Waals surface area contributed by atoms with Crippen molar-refractivity contribution >= 4 is 44.1 Å². The Kier molecular flexibility index (Phi) is 5.91. The lowest BCUT2D eigenvalue weighted by molar-refractivity contribution is 0.0994. The molecule has 4 rings (SSSR count). The monoisotopic (exact) mass is 499 g/mol. The molecule has 3 aromatic carbocycles. The van der Waals surface area contributed by atoms with Crippen LogP contribution >= 0.6 is 11.6 Å². The number of primary amides is 1. The zero-order chi connectivity index (χ0) is 24.8. The average molecular weight is 500 g/mol. The van der Waals surface area contributed by atoms with Gasteiger partial charge in [0, 0.05) is 21.5 Å². The van der Waals surface area contributed by atoms with Crippen LogP contribution in [0, 0.1) is 5.82 Å². The van der Waals surface area contributed by atoms with Crippen LogP contribution in [0.3, 0.4) is 0 Å². The van der Waals surface area contributed by atoms with Crippen LogP contribution in [-0.4, -0.2) is 25.1 Å². The van der Waals surface area contributed by atoms with E-state index in [4.69, 9.17) is 17.3 Å². The fourth-order valence-corrected chi connectivity index (χ4v) is 4.82. The number of nitrogens with zero attached hydrogens (tertiary/aromatic N) is 1. The van der Waals surface area contributed by atoms with E-state index in [0.717, 1.165) is 17.4 Å².